The van der Waals surface area contributed by atoms with Crippen LogP contribution in [0.5, 0.6) is 0 Å². The Morgan fingerprint density at radius 1 is 1.08 bits per heavy atom. The minimum absolute atomic E-state index is 0.0727. The van der Waals surface area contributed by atoms with E-state index in [9.17, 15) is 4.79 Å². The summed E-state index contributed by atoms with van der Waals surface area (Å²) in [5, 5.41) is 5.08. The number of carbonyl (C=O) groups is 1. The number of anilines is 1. The van der Waals surface area contributed by atoms with E-state index in [1.165, 1.54) is 0 Å². The minimum atomic E-state index is 0.0727. The van der Waals surface area contributed by atoms with Crippen LogP contribution in [0.3, 0.4) is 0 Å². The molecule has 0 bridgehead atoms. The van der Waals surface area contributed by atoms with Crippen LogP contribution in [0.25, 0.3) is 22.0 Å². The van der Waals surface area contributed by atoms with Crippen molar-refractivity contribution >= 4 is 22.5 Å². The van der Waals surface area contributed by atoms with Gasteiger partial charge in [0, 0.05) is 29.3 Å². The average molecular weight is 346 g/mol. The number of likely N-dealkylation sites (tertiary alicyclic amines) is 1. The van der Waals surface area contributed by atoms with Gasteiger partial charge in [-0.05, 0) is 62.6 Å². The van der Waals surface area contributed by atoms with E-state index in [-0.39, 0.29) is 11.8 Å². The maximum atomic E-state index is 12.5. The van der Waals surface area contributed by atoms with Crippen molar-refractivity contribution in [3.05, 3.63) is 54.9 Å². The number of aromatic nitrogens is 2. The molecule has 1 aliphatic rings. The molecular formula is C21H22N4O. The number of fused-ring (bicyclic) bond motifs is 1. The van der Waals surface area contributed by atoms with Crippen molar-refractivity contribution in [3.8, 4) is 11.3 Å². The average Bonchev–Trinajstić information content (AvgIpc) is 2.68. The molecule has 4 rings (SSSR count). The molecule has 1 N–H and O–H groups in total. The predicted octanol–water partition coefficient (Wildman–Crippen LogP) is 3.58. The van der Waals surface area contributed by atoms with E-state index in [4.69, 9.17) is 0 Å². The SMILES string of the molecule is CN1CCC(C(=O)Nc2cc3cc(-c4ccccn4)ccc3cn2)CC1. The van der Waals surface area contributed by atoms with E-state index in [1.807, 2.05) is 42.6 Å². The number of nitrogens with one attached hydrogen (secondary N) is 1. The summed E-state index contributed by atoms with van der Waals surface area (Å²) in [6.07, 6.45) is 5.40. The maximum absolute atomic E-state index is 12.5. The van der Waals surface area contributed by atoms with Crippen molar-refractivity contribution in [2.45, 2.75) is 12.8 Å². The zero-order valence-corrected chi connectivity index (χ0v) is 14.9. The Hall–Kier alpha value is -2.79. The Morgan fingerprint density at radius 3 is 2.69 bits per heavy atom. The van der Waals surface area contributed by atoms with E-state index in [1.54, 1.807) is 6.20 Å². The fourth-order valence-electron chi connectivity index (χ4n) is 3.40. The first-order valence-corrected chi connectivity index (χ1v) is 9.00. The summed E-state index contributed by atoms with van der Waals surface area (Å²) in [6.45, 7) is 1.94. The number of amides is 1. The van der Waals surface area contributed by atoms with Gasteiger partial charge in [0.1, 0.15) is 5.82 Å². The van der Waals surface area contributed by atoms with Gasteiger partial charge in [0.2, 0.25) is 5.91 Å². The van der Waals surface area contributed by atoms with E-state index in [0.29, 0.717) is 5.82 Å². The predicted molar refractivity (Wildman–Crippen MR) is 104 cm³/mol. The number of hydrogen-bond acceptors (Lipinski definition) is 4. The molecule has 3 heterocycles. The van der Waals surface area contributed by atoms with Crippen LogP contribution in [-0.4, -0.2) is 40.9 Å². The number of rotatable bonds is 3. The lowest BCUT2D eigenvalue weighted by atomic mass is 9.96. The monoisotopic (exact) mass is 346 g/mol. The number of hydrogen-bond donors (Lipinski definition) is 1. The molecule has 1 amide bonds. The van der Waals surface area contributed by atoms with E-state index < -0.39 is 0 Å². The van der Waals surface area contributed by atoms with Gasteiger partial charge in [-0.25, -0.2) is 4.98 Å². The fourth-order valence-corrected chi connectivity index (χ4v) is 3.40. The third kappa shape index (κ3) is 3.58. The number of carbonyl (C=O) groups excluding carboxylic acids is 1. The van der Waals surface area contributed by atoms with E-state index >= 15 is 0 Å². The van der Waals surface area contributed by atoms with Crippen LogP contribution in [0.15, 0.2) is 54.9 Å². The molecule has 0 spiro atoms. The molecule has 0 aliphatic carbocycles. The maximum Gasteiger partial charge on any atom is 0.228 e. The molecule has 132 valence electrons. The van der Waals surface area contributed by atoms with Gasteiger partial charge < -0.3 is 10.2 Å². The molecule has 1 saturated heterocycles. The van der Waals surface area contributed by atoms with Crippen LogP contribution in [0.1, 0.15) is 12.8 Å². The van der Waals surface area contributed by atoms with Crippen molar-refractivity contribution in [1.29, 1.82) is 0 Å². The summed E-state index contributed by atoms with van der Waals surface area (Å²) in [7, 11) is 2.10. The largest absolute Gasteiger partial charge is 0.310 e. The first-order valence-electron chi connectivity index (χ1n) is 9.00. The van der Waals surface area contributed by atoms with Crippen LogP contribution < -0.4 is 5.32 Å². The van der Waals surface area contributed by atoms with Gasteiger partial charge in [-0.1, -0.05) is 18.2 Å². The van der Waals surface area contributed by atoms with Gasteiger partial charge in [-0.3, -0.25) is 9.78 Å². The van der Waals surface area contributed by atoms with Crippen molar-refractivity contribution in [3.63, 3.8) is 0 Å². The van der Waals surface area contributed by atoms with Crippen molar-refractivity contribution in [1.82, 2.24) is 14.9 Å². The Balaban J connectivity index is 1.55. The molecule has 0 saturated carbocycles. The van der Waals surface area contributed by atoms with Crippen LogP contribution in [0.4, 0.5) is 5.82 Å². The van der Waals surface area contributed by atoms with Gasteiger partial charge in [0.25, 0.3) is 0 Å². The van der Waals surface area contributed by atoms with E-state index in [2.05, 4.69) is 33.3 Å². The molecule has 1 fully saturated rings. The molecule has 3 aromatic rings. The Morgan fingerprint density at radius 2 is 1.92 bits per heavy atom. The third-order valence-electron chi connectivity index (χ3n) is 5.02. The summed E-state index contributed by atoms with van der Waals surface area (Å²) in [5.41, 5.74) is 1.99. The molecule has 2 aromatic heterocycles. The topological polar surface area (TPSA) is 58.1 Å². The molecular weight excluding hydrogens is 324 g/mol. The van der Waals surface area contributed by atoms with Gasteiger partial charge >= 0.3 is 0 Å². The van der Waals surface area contributed by atoms with Crippen LogP contribution in [-0.2, 0) is 4.79 Å². The molecule has 1 aliphatic heterocycles. The molecule has 5 nitrogen and oxygen atoms in total. The Bertz CT molecular complexity index is 918. The highest BCUT2D eigenvalue weighted by Gasteiger charge is 2.23. The fraction of sp³-hybridized carbons (Fsp3) is 0.286. The summed E-state index contributed by atoms with van der Waals surface area (Å²) >= 11 is 0. The summed E-state index contributed by atoms with van der Waals surface area (Å²) in [4.78, 5) is 23.6. The van der Waals surface area contributed by atoms with Gasteiger partial charge in [-0.2, -0.15) is 0 Å². The molecule has 0 atom stereocenters. The van der Waals surface area contributed by atoms with Gasteiger partial charge in [-0.15, -0.1) is 0 Å². The highest BCUT2D eigenvalue weighted by molar-refractivity contribution is 5.95. The zero-order chi connectivity index (χ0) is 17.9. The van der Waals surface area contributed by atoms with Crippen molar-refractivity contribution in [2.24, 2.45) is 5.92 Å². The summed E-state index contributed by atoms with van der Waals surface area (Å²) in [5.74, 6) is 0.758. The summed E-state index contributed by atoms with van der Waals surface area (Å²) < 4.78 is 0. The van der Waals surface area contributed by atoms with Gasteiger partial charge in [0.15, 0.2) is 0 Å². The lowest BCUT2D eigenvalue weighted by Crippen LogP contribution is -2.36. The molecule has 1 aromatic carbocycles. The highest BCUT2D eigenvalue weighted by Crippen LogP contribution is 2.25. The van der Waals surface area contributed by atoms with Crippen molar-refractivity contribution in [2.75, 3.05) is 25.5 Å². The van der Waals surface area contributed by atoms with Crippen molar-refractivity contribution < 1.29 is 4.79 Å². The second kappa shape index (κ2) is 7.22. The number of pyridine rings is 2. The molecule has 0 unspecified atom stereocenters. The molecule has 5 heteroatoms. The first kappa shape index (κ1) is 16.7. The van der Waals surface area contributed by atoms with Crippen LogP contribution in [0.2, 0.25) is 0 Å². The van der Waals surface area contributed by atoms with Gasteiger partial charge in [0.05, 0.1) is 5.69 Å². The Kier molecular flexibility index (Phi) is 4.63. The minimum Gasteiger partial charge on any atom is -0.310 e. The lowest BCUT2D eigenvalue weighted by molar-refractivity contribution is -0.121. The van der Waals surface area contributed by atoms with Crippen LogP contribution >= 0.6 is 0 Å². The Labute approximate surface area is 153 Å². The quantitative estimate of drug-likeness (QED) is 0.787. The van der Waals surface area contributed by atoms with E-state index in [0.717, 1.165) is 48.0 Å². The second-order valence-corrected chi connectivity index (χ2v) is 6.91. The molecule has 0 radical (unpaired) electrons. The number of nitrogens with zero attached hydrogens (tertiary/aromatic N) is 3. The number of benzene rings is 1. The molecule has 26 heavy (non-hydrogen) atoms. The van der Waals surface area contributed by atoms with Crippen LogP contribution in [0, 0.1) is 5.92 Å². The zero-order valence-electron chi connectivity index (χ0n) is 14.9. The second-order valence-electron chi connectivity index (χ2n) is 6.91. The first-order chi connectivity index (χ1) is 12.7. The third-order valence-corrected chi connectivity index (χ3v) is 5.02. The lowest BCUT2D eigenvalue weighted by Gasteiger charge is -2.27. The normalized spacial score (nSPS) is 15.9. The highest BCUT2D eigenvalue weighted by atomic mass is 16.1. The number of piperidine rings is 1. The standard InChI is InChI=1S/C21H22N4O/c1-25-10-7-15(8-11-25)21(26)24-20-13-18-12-16(5-6-17(18)14-23-20)19-4-2-3-9-22-19/h2-6,9,12-15H,7-8,10-11H2,1H3,(H,23,24,26). The smallest absolute Gasteiger partial charge is 0.228 e. The summed E-state index contributed by atoms with van der Waals surface area (Å²) in [6, 6.07) is 14.0.